The average molecular weight is 268 g/mol. The van der Waals surface area contributed by atoms with Gasteiger partial charge in [-0.3, -0.25) is 10.6 Å². The highest BCUT2D eigenvalue weighted by Crippen LogP contribution is 2.29. The lowest BCUT2D eigenvalue weighted by atomic mass is 10.1. The number of aliphatic hydroxyl groups is 2. The summed E-state index contributed by atoms with van der Waals surface area (Å²) in [5.41, 5.74) is 10.5. The van der Waals surface area contributed by atoms with Gasteiger partial charge in [-0.25, -0.2) is 15.0 Å². The second-order valence-electron chi connectivity index (χ2n) is 4.80. The third kappa shape index (κ3) is 1.59. The van der Waals surface area contributed by atoms with Gasteiger partial charge in [-0.15, -0.1) is 0 Å². The molecule has 19 heavy (non-hydrogen) atoms. The smallest absolute Gasteiger partial charge is 0.225 e. The molecule has 1 unspecified atom stereocenters. The Labute approximate surface area is 109 Å². The van der Waals surface area contributed by atoms with Crippen LogP contribution in [-0.2, 0) is 4.74 Å². The van der Waals surface area contributed by atoms with E-state index in [2.05, 4.69) is 15.0 Å². The summed E-state index contributed by atoms with van der Waals surface area (Å²) in [7, 11) is 0. The summed E-state index contributed by atoms with van der Waals surface area (Å²) in [6.45, 7) is 1.83. The standard InChI is InChI=1S/C10H16N6O3/c1-4-5(17)6(18)7(19-4)16-3-15-10(12)8(11)13-2-14-9(10)16/h3-7,17-18H,2,12H2,1H3,(H2,11,13)/t4-,5-,6-,7-,10?/m1/s1. The molecule has 0 aromatic carbocycles. The van der Waals surface area contributed by atoms with Crippen molar-refractivity contribution in [1.29, 1.82) is 0 Å². The van der Waals surface area contributed by atoms with Gasteiger partial charge in [-0.05, 0) is 6.92 Å². The van der Waals surface area contributed by atoms with Crippen LogP contribution in [0.25, 0.3) is 0 Å². The second kappa shape index (κ2) is 3.97. The number of nitrogens with two attached hydrogens (primary N) is 2. The zero-order valence-corrected chi connectivity index (χ0v) is 10.3. The van der Waals surface area contributed by atoms with Crippen molar-refractivity contribution in [2.45, 2.75) is 37.1 Å². The van der Waals surface area contributed by atoms with Crippen molar-refractivity contribution in [3.8, 4) is 0 Å². The van der Waals surface area contributed by atoms with Crippen LogP contribution in [0.15, 0.2) is 15.0 Å². The Morgan fingerprint density at radius 3 is 2.79 bits per heavy atom. The normalized spacial score (nSPS) is 45.2. The lowest BCUT2D eigenvalue weighted by Gasteiger charge is -2.31. The van der Waals surface area contributed by atoms with E-state index >= 15 is 0 Å². The van der Waals surface area contributed by atoms with Crippen molar-refractivity contribution < 1.29 is 14.9 Å². The predicted octanol–water partition coefficient (Wildman–Crippen LogP) is -2.82. The molecule has 3 aliphatic heterocycles. The van der Waals surface area contributed by atoms with E-state index in [1.54, 1.807) is 6.92 Å². The maximum absolute atomic E-state index is 9.99. The topological polar surface area (TPSA) is 142 Å². The third-order valence-electron chi connectivity index (χ3n) is 3.57. The van der Waals surface area contributed by atoms with Crippen LogP contribution in [0.4, 0.5) is 0 Å². The SMILES string of the molecule is C[C@H]1O[C@@H](N2C=NC3(N)C(N)=NCN=C23)[C@H](O)[C@@H]1O. The van der Waals surface area contributed by atoms with Crippen LogP contribution in [-0.4, -0.2) is 70.0 Å². The minimum Gasteiger partial charge on any atom is -0.388 e. The Hall–Kier alpha value is -1.55. The van der Waals surface area contributed by atoms with Gasteiger partial charge in [0.15, 0.2) is 12.1 Å². The monoisotopic (exact) mass is 268 g/mol. The Morgan fingerprint density at radius 1 is 1.42 bits per heavy atom. The predicted molar refractivity (Wildman–Crippen MR) is 67.5 cm³/mol. The Kier molecular flexibility index (Phi) is 2.61. The fraction of sp³-hybridized carbons (Fsp3) is 0.700. The number of amidine groups is 2. The van der Waals surface area contributed by atoms with Gasteiger partial charge in [0, 0.05) is 0 Å². The first-order valence-corrected chi connectivity index (χ1v) is 5.94. The quantitative estimate of drug-likeness (QED) is 0.404. The number of rotatable bonds is 1. The van der Waals surface area contributed by atoms with Gasteiger partial charge in [0.05, 0.1) is 12.4 Å². The molecule has 0 bridgehead atoms. The number of hydrogen-bond acceptors (Lipinski definition) is 9. The first-order valence-electron chi connectivity index (χ1n) is 5.94. The van der Waals surface area contributed by atoms with Gasteiger partial charge in [0.1, 0.15) is 24.7 Å². The van der Waals surface area contributed by atoms with Crippen molar-refractivity contribution in [3.63, 3.8) is 0 Å². The molecule has 104 valence electrons. The Bertz CT molecular complexity index is 492. The number of fused-ring (bicyclic) bond motifs is 1. The van der Waals surface area contributed by atoms with Crippen LogP contribution in [0.5, 0.6) is 0 Å². The van der Waals surface area contributed by atoms with Crippen molar-refractivity contribution in [2.24, 2.45) is 26.4 Å². The number of aliphatic hydroxyl groups excluding tert-OH is 2. The molecule has 3 aliphatic rings. The lowest BCUT2D eigenvalue weighted by molar-refractivity contribution is -0.0310. The molecular weight excluding hydrogens is 252 g/mol. The molecule has 3 rings (SSSR count). The molecule has 1 fully saturated rings. The van der Waals surface area contributed by atoms with Crippen molar-refractivity contribution in [2.75, 3.05) is 6.67 Å². The highest BCUT2D eigenvalue weighted by Gasteiger charge is 2.51. The van der Waals surface area contributed by atoms with Gasteiger partial charge < -0.3 is 20.7 Å². The van der Waals surface area contributed by atoms with E-state index in [-0.39, 0.29) is 12.5 Å². The molecule has 6 N–H and O–H groups in total. The fourth-order valence-electron chi connectivity index (χ4n) is 2.39. The molecule has 9 heteroatoms. The highest BCUT2D eigenvalue weighted by atomic mass is 16.6. The first-order chi connectivity index (χ1) is 8.95. The summed E-state index contributed by atoms with van der Waals surface area (Å²) < 4.78 is 5.52. The van der Waals surface area contributed by atoms with Gasteiger partial charge in [-0.1, -0.05) is 0 Å². The molecule has 0 radical (unpaired) electrons. The summed E-state index contributed by atoms with van der Waals surface area (Å²) in [4.78, 5) is 13.7. The lowest BCUT2D eigenvalue weighted by Crippen LogP contribution is -2.61. The molecule has 0 amide bonds. The molecule has 5 atom stereocenters. The van der Waals surface area contributed by atoms with E-state index in [1.807, 2.05) is 0 Å². The van der Waals surface area contributed by atoms with Crippen LogP contribution < -0.4 is 11.5 Å². The second-order valence-corrected chi connectivity index (χ2v) is 4.80. The summed E-state index contributed by atoms with van der Waals surface area (Å²) in [6, 6.07) is 0. The zero-order valence-electron chi connectivity index (χ0n) is 10.3. The van der Waals surface area contributed by atoms with Crippen LogP contribution in [0, 0.1) is 0 Å². The number of nitrogens with zero attached hydrogens (tertiary/aromatic N) is 4. The molecule has 9 nitrogen and oxygen atoms in total. The summed E-state index contributed by atoms with van der Waals surface area (Å²) in [6.07, 6.45) is -1.92. The van der Waals surface area contributed by atoms with Gasteiger partial charge in [-0.2, -0.15) is 0 Å². The van der Waals surface area contributed by atoms with E-state index in [9.17, 15) is 10.2 Å². The maximum atomic E-state index is 9.99. The minimum atomic E-state index is -1.31. The zero-order chi connectivity index (χ0) is 13.8. The molecule has 0 aromatic rings. The first kappa shape index (κ1) is 12.5. The molecule has 0 saturated carbocycles. The number of ether oxygens (including phenoxy) is 1. The summed E-state index contributed by atoms with van der Waals surface area (Å²) >= 11 is 0. The van der Waals surface area contributed by atoms with Gasteiger partial charge >= 0.3 is 0 Å². The highest BCUT2D eigenvalue weighted by molar-refractivity contribution is 6.20. The van der Waals surface area contributed by atoms with Crippen molar-refractivity contribution >= 4 is 18.0 Å². The Morgan fingerprint density at radius 2 is 2.16 bits per heavy atom. The third-order valence-corrected chi connectivity index (χ3v) is 3.57. The van der Waals surface area contributed by atoms with E-state index in [0.717, 1.165) is 0 Å². The van der Waals surface area contributed by atoms with Gasteiger partial charge in [0.2, 0.25) is 5.66 Å². The summed E-state index contributed by atoms with van der Waals surface area (Å²) in [5.74, 6) is 0.530. The van der Waals surface area contributed by atoms with Crippen LogP contribution >= 0.6 is 0 Å². The number of aliphatic imine (C=N–C) groups is 3. The van der Waals surface area contributed by atoms with Gasteiger partial charge in [0.25, 0.3) is 0 Å². The fourth-order valence-corrected chi connectivity index (χ4v) is 2.39. The average Bonchev–Trinajstić information content (AvgIpc) is 2.84. The summed E-state index contributed by atoms with van der Waals surface area (Å²) in [5, 5.41) is 19.7. The van der Waals surface area contributed by atoms with E-state index in [0.29, 0.717) is 5.84 Å². The molecule has 1 saturated heterocycles. The molecule has 3 heterocycles. The molecule has 0 aliphatic carbocycles. The molecular formula is C10H16N6O3. The largest absolute Gasteiger partial charge is 0.388 e. The van der Waals surface area contributed by atoms with Crippen molar-refractivity contribution in [1.82, 2.24) is 4.90 Å². The van der Waals surface area contributed by atoms with Crippen LogP contribution in [0.1, 0.15) is 6.92 Å². The van der Waals surface area contributed by atoms with Crippen LogP contribution in [0.3, 0.4) is 0 Å². The molecule has 0 aromatic heterocycles. The Balaban J connectivity index is 1.90. The molecule has 0 spiro atoms. The minimum absolute atomic E-state index is 0.154. The van der Waals surface area contributed by atoms with E-state index in [1.165, 1.54) is 11.2 Å². The maximum Gasteiger partial charge on any atom is 0.225 e. The van der Waals surface area contributed by atoms with E-state index in [4.69, 9.17) is 16.2 Å². The van der Waals surface area contributed by atoms with E-state index < -0.39 is 30.2 Å². The van der Waals surface area contributed by atoms with Crippen LogP contribution in [0.2, 0.25) is 0 Å². The number of hydrogen-bond donors (Lipinski definition) is 4. The van der Waals surface area contributed by atoms with Crippen molar-refractivity contribution in [3.05, 3.63) is 0 Å².